The van der Waals surface area contributed by atoms with Gasteiger partial charge in [0.05, 0.1) is 25.8 Å². The highest BCUT2D eigenvalue weighted by Gasteiger charge is 2.36. The van der Waals surface area contributed by atoms with E-state index in [0.29, 0.717) is 19.1 Å². The lowest BCUT2D eigenvalue weighted by molar-refractivity contribution is -0.157. The SMILES string of the molecule is CC(C)CN1CCO[C@H](CNC(=O)CN(CC(F)(F)F)C2CCC2)C1. The molecule has 25 heavy (non-hydrogen) atoms. The van der Waals surface area contributed by atoms with Crippen molar-refractivity contribution in [2.75, 3.05) is 45.9 Å². The zero-order chi connectivity index (χ0) is 18.4. The molecule has 2 fully saturated rings. The third-order valence-corrected chi connectivity index (χ3v) is 4.69. The topological polar surface area (TPSA) is 44.8 Å². The number of carbonyl (C=O) groups excluding carboxylic acids is 1. The van der Waals surface area contributed by atoms with E-state index in [2.05, 4.69) is 24.1 Å². The van der Waals surface area contributed by atoms with Crippen molar-refractivity contribution < 1.29 is 22.7 Å². The van der Waals surface area contributed by atoms with Crippen LogP contribution in [0.1, 0.15) is 33.1 Å². The van der Waals surface area contributed by atoms with Crippen LogP contribution in [0.2, 0.25) is 0 Å². The Morgan fingerprint density at radius 2 is 2.08 bits per heavy atom. The Morgan fingerprint density at radius 1 is 1.36 bits per heavy atom. The maximum atomic E-state index is 12.7. The van der Waals surface area contributed by atoms with E-state index in [1.807, 2.05) is 0 Å². The van der Waals surface area contributed by atoms with Crippen molar-refractivity contribution >= 4 is 5.91 Å². The van der Waals surface area contributed by atoms with Gasteiger partial charge in [0.2, 0.25) is 5.91 Å². The molecule has 8 heteroatoms. The Hall–Kier alpha value is -0.860. The van der Waals surface area contributed by atoms with Crippen molar-refractivity contribution in [3.05, 3.63) is 0 Å². The number of morpholine rings is 1. The number of alkyl halides is 3. The Kier molecular flexibility index (Phi) is 7.51. The fourth-order valence-electron chi connectivity index (χ4n) is 3.35. The normalized spacial score (nSPS) is 23.1. The van der Waals surface area contributed by atoms with Gasteiger partial charge in [0, 0.05) is 32.2 Å². The highest BCUT2D eigenvalue weighted by molar-refractivity contribution is 5.78. The molecule has 1 aliphatic heterocycles. The van der Waals surface area contributed by atoms with E-state index in [4.69, 9.17) is 4.74 Å². The van der Waals surface area contributed by atoms with Crippen LogP contribution in [0.25, 0.3) is 0 Å². The second-order valence-electron chi connectivity index (χ2n) is 7.56. The van der Waals surface area contributed by atoms with Crippen molar-refractivity contribution in [1.82, 2.24) is 15.1 Å². The molecule has 1 saturated carbocycles. The molecule has 0 bridgehead atoms. The van der Waals surface area contributed by atoms with Gasteiger partial charge < -0.3 is 10.1 Å². The molecule has 0 aromatic rings. The zero-order valence-corrected chi connectivity index (χ0v) is 15.1. The van der Waals surface area contributed by atoms with Crippen molar-refractivity contribution in [3.63, 3.8) is 0 Å². The van der Waals surface area contributed by atoms with Crippen molar-refractivity contribution in [1.29, 1.82) is 0 Å². The standard InChI is InChI=1S/C17H30F3N3O2/c1-13(2)9-22-6-7-25-15(10-22)8-21-16(24)11-23(12-17(18,19)20)14-4-3-5-14/h13-15H,3-12H2,1-2H3,(H,21,24)/t15-/m1/s1. The first-order valence-corrected chi connectivity index (χ1v) is 9.14. The number of amides is 1. The molecular formula is C17H30F3N3O2. The largest absolute Gasteiger partial charge is 0.401 e. The maximum Gasteiger partial charge on any atom is 0.401 e. The number of rotatable bonds is 8. The molecule has 1 atom stereocenters. The van der Waals surface area contributed by atoms with E-state index in [-0.39, 0.29) is 24.6 Å². The first kappa shape index (κ1) is 20.5. The van der Waals surface area contributed by atoms with Crippen LogP contribution in [0.5, 0.6) is 0 Å². The lowest BCUT2D eigenvalue weighted by Gasteiger charge is -2.37. The van der Waals surface area contributed by atoms with Gasteiger partial charge >= 0.3 is 6.18 Å². The highest BCUT2D eigenvalue weighted by Crippen LogP contribution is 2.27. The average Bonchev–Trinajstić information content (AvgIpc) is 2.41. The molecule has 0 aromatic heterocycles. The van der Waals surface area contributed by atoms with Crippen LogP contribution in [-0.4, -0.2) is 79.9 Å². The third kappa shape index (κ3) is 7.50. The van der Waals surface area contributed by atoms with Gasteiger partial charge in [0.1, 0.15) is 0 Å². The lowest BCUT2D eigenvalue weighted by Crippen LogP contribution is -2.52. The fraction of sp³-hybridized carbons (Fsp3) is 0.941. The fourth-order valence-corrected chi connectivity index (χ4v) is 3.35. The monoisotopic (exact) mass is 365 g/mol. The second-order valence-corrected chi connectivity index (χ2v) is 7.56. The van der Waals surface area contributed by atoms with Gasteiger partial charge in [-0.05, 0) is 18.8 Å². The summed E-state index contributed by atoms with van der Waals surface area (Å²) < 4.78 is 43.8. The Balaban J connectivity index is 1.74. The number of hydrogen-bond donors (Lipinski definition) is 1. The minimum Gasteiger partial charge on any atom is -0.374 e. The molecule has 1 heterocycles. The predicted octanol–water partition coefficient (Wildman–Crippen LogP) is 1.88. The van der Waals surface area contributed by atoms with Gasteiger partial charge in [-0.2, -0.15) is 13.2 Å². The van der Waals surface area contributed by atoms with Gasteiger partial charge in [-0.1, -0.05) is 20.3 Å². The van der Waals surface area contributed by atoms with Crippen LogP contribution >= 0.6 is 0 Å². The maximum absolute atomic E-state index is 12.7. The average molecular weight is 365 g/mol. The van der Waals surface area contributed by atoms with E-state index in [9.17, 15) is 18.0 Å². The van der Waals surface area contributed by atoms with Crippen LogP contribution in [0.4, 0.5) is 13.2 Å². The first-order chi connectivity index (χ1) is 11.7. The quantitative estimate of drug-likeness (QED) is 0.713. The number of nitrogens with zero attached hydrogens (tertiary/aromatic N) is 2. The summed E-state index contributed by atoms with van der Waals surface area (Å²) in [7, 11) is 0. The van der Waals surface area contributed by atoms with Crippen LogP contribution in [-0.2, 0) is 9.53 Å². The van der Waals surface area contributed by atoms with Crippen molar-refractivity contribution in [2.24, 2.45) is 5.92 Å². The Labute approximate surface area is 147 Å². The van der Waals surface area contributed by atoms with Gasteiger partial charge in [0.25, 0.3) is 0 Å². The summed E-state index contributed by atoms with van der Waals surface area (Å²) in [5.74, 6) is 0.201. The van der Waals surface area contributed by atoms with Gasteiger partial charge in [0.15, 0.2) is 0 Å². The van der Waals surface area contributed by atoms with Gasteiger partial charge in [-0.3, -0.25) is 14.6 Å². The Bertz CT molecular complexity index is 428. The summed E-state index contributed by atoms with van der Waals surface area (Å²) in [4.78, 5) is 15.7. The number of halogens is 3. The number of nitrogens with one attached hydrogen (secondary N) is 1. The smallest absolute Gasteiger partial charge is 0.374 e. The molecular weight excluding hydrogens is 335 g/mol. The van der Waals surface area contributed by atoms with E-state index in [0.717, 1.165) is 38.9 Å². The molecule has 146 valence electrons. The molecule has 1 aliphatic carbocycles. The number of ether oxygens (including phenoxy) is 1. The molecule has 5 nitrogen and oxygen atoms in total. The van der Waals surface area contributed by atoms with E-state index in [1.54, 1.807) is 0 Å². The summed E-state index contributed by atoms with van der Waals surface area (Å²) in [5, 5.41) is 2.75. The van der Waals surface area contributed by atoms with Crippen molar-refractivity contribution in [3.8, 4) is 0 Å². The molecule has 1 saturated heterocycles. The zero-order valence-electron chi connectivity index (χ0n) is 15.1. The minimum absolute atomic E-state index is 0.101. The minimum atomic E-state index is -4.28. The van der Waals surface area contributed by atoms with Gasteiger partial charge in [-0.15, -0.1) is 0 Å². The van der Waals surface area contributed by atoms with E-state index >= 15 is 0 Å². The summed E-state index contributed by atoms with van der Waals surface area (Å²) in [6.45, 7) is 6.66. The first-order valence-electron chi connectivity index (χ1n) is 9.14. The van der Waals surface area contributed by atoms with Crippen LogP contribution < -0.4 is 5.32 Å². The second kappa shape index (κ2) is 9.19. The molecule has 1 amide bonds. The lowest BCUT2D eigenvalue weighted by atomic mass is 9.91. The summed E-state index contributed by atoms with van der Waals surface area (Å²) in [5.41, 5.74) is 0. The summed E-state index contributed by atoms with van der Waals surface area (Å²) in [6.07, 6.45) is -1.98. The molecule has 0 aromatic carbocycles. The number of carbonyl (C=O) groups is 1. The van der Waals surface area contributed by atoms with E-state index < -0.39 is 12.7 Å². The predicted molar refractivity (Wildman–Crippen MR) is 89.3 cm³/mol. The third-order valence-electron chi connectivity index (χ3n) is 4.69. The molecule has 2 rings (SSSR count). The van der Waals surface area contributed by atoms with Crippen molar-refractivity contribution in [2.45, 2.75) is 51.4 Å². The molecule has 0 spiro atoms. The molecule has 0 unspecified atom stereocenters. The van der Waals surface area contributed by atoms with Gasteiger partial charge in [-0.25, -0.2) is 0 Å². The summed E-state index contributed by atoms with van der Waals surface area (Å²) >= 11 is 0. The van der Waals surface area contributed by atoms with Crippen LogP contribution in [0.15, 0.2) is 0 Å². The summed E-state index contributed by atoms with van der Waals surface area (Å²) in [6, 6.07) is -0.125. The number of hydrogen-bond acceptors (Lipinski definition) is 4. The van der Waals surface area contributed by atoms with Crippen LogP contribution in [0.3, 0.4) is 0 Å². The Morgan fingerprint density at radius 3 is 2.64 bits per heavy atom. The van der Waals surface area contributed by atoms with E-state index in [1.165, 1.54) is 4.90 Å². The molecule has 0 radical (unpaired) electrons. The molecule has 1 N–H and O–H groups in total. The molecule has 2 aliphatic rings. The van der Waals surface area contributed by atoms with Crippen LogP contribution in [0, 0.1) is 5.92 Å². The highest BCUT2D eigenvalue weighted by atomic mass is 19.4.